The van der Waals surface area contributed by atoms with Gasteiger partial charge in [-0.15, -0.1) is 0 Å². The van der Waals surface area contributed by atoms with E-state index in [1.54, 1.807) is 7.11 Å². The molecule has 0 aliphatic carbocycles. The molecule has 4 heteroatoms. The van der Waals surface area contributed by atoms with Gasteiger partial charge in [-0.3, -0.25) is 0 Å². The van der Waals surface area contributed by atoms with Gasteiger partial charge < -0.3 is 15.0 Å². The SMILES string of the molecule is COc1cc2ccn(CCN)c2cc1Cl. The van der Waals surface area contributed by atoms with Crippen LogP contribution in [0, 0.1) is 0 Å². The Morgan fingerprint density at radius 2 is 2.27 bits per heavy atom. The lowest BCUT2D eigenvalue weighted by Gasteiger charge is -2.06. The van der Waals surface area contributed by atoms with Gasteiger partial charge in [0.05, 0.1) is 12.1 Å². The zero-order valence-corrected chi connectivity index (χ0v) is 9.29. The first-order valence-electron chi connectivity index (χ1n) is 4.78. The third-order valence-corrected chi connectivity index (χ3v) is 2.71. The number of aromatic nitrogens is 1. The number of benzene rings is 1. The second-order valence-electron chi connectivity index (χ2n) is 3.34. The van der Waals surface area contributed by atoms with Crippen LogP contribution in [0.2, 0.25) is 5.02 Å². The molecule has 0 radical (unpaired) electrons. The molecule has 3 nitrogen and oxygen atoms in total. The van der Waals surface area contributed by atoms with Crippen LogP contribution in [-0.2, 0) is 6.54 Å². The van der Waals surface area contributed by atoms with Gasteiger partial charge >= 0.3 is 0 Å². The van der Waals surface area contributed by atoms with Gasteiger partial charge in [-0.2, -0.15) is 0 Å². The van der Waals surface area contributed by atoms with Crippen LogP contribution in [-0.4, -0.2) is 18.2 Å². The van der Waals surface area contributed by atoms with E-state index in [4.69, 9.17) is 22.1 Å². The molecule has 1 aromatic heterocycles. The summed E-state index contributed by atoms with van der Waals surface area (Å²) < 4.78 is 7.24. The molecule has 2 rings (SSSR count). The van der Waals surface area contributed by atoms with E-state index in [9.17, 15) is 0 Å². The van der Waals surface area contributed by atoms with Crippen LogP contribution in [0.5, 0.6) is 5.75 Å². The fraction of sp³-hybridized carbons (Fsp3) is 0.273. The standard InChI is InChI=1S/C11H13ClN2O/c1-15-11-6-8-2-4-14(5-3-13)10(8)7-9(11)12/h2,4,6-7H,3,5,13H2,1H3. The van der Waals surface area contributed by atoms with Crippen molar-refractivity contribution in [2.45, 2.75) is 6.54 Å². The number of halogens is 1. The average molecular weight is 225 g/mol. The smallest absolute Gasteiger partial charge is 0.138 e. The summed E-state index contributed by atoms with van der Waals surface area (Å²) in [4.78, 5) is 0. The van der Waals surface area contributed by atoms with Crippen molar-refractivity contribution >= 4 is 22.5 Å². The van der Waals surface area contributed by atoms with Crippen LogP contribution in [0.4, 0.5) is 0 Å². The quantitative estimate of drug-likeness (QED) is 0.869. The first-order valence-corrected chi connectivity index (χ1v) is 5.16. The third kappa shape index (κ3) is 1.80. The van der Waals surface area contributed by atoms with Crippen molar-refractivity contribution in [1.82, 2.24) is 4.57 Å². The molecule has 1 aromatic carbocycles. The molecule has 2 N–H and O–H groups in total. The summed E-state index contributed by atoms with van der Waals surface area (Å²) in [5.74, 6) is 0.703. The Balaban J connectivity index is 2.57. The molecule has 0 aliphatic rings. The van der Waals surface area contributed by atoms with Crippen LogP contribution < -0.4 is 10.5 Å². The maximum Gasteiger partial charge on any atom is 0.138 e. The predicted octanol–water partition coefficient (Wildman–Crippen LogP) is 2.26. The van der Waals surface area contributed by atoms with E-state index in [-0.39, 0.29) is 0 Å². The highest BCUT2D eigenvalue weighted by Crippen LogP contribution is 2.30. The summed E-state index contributed by atoms with van der Waals surface area (Å²) >= 11 is 6.06. The van der Waals surface area contributed by atoms with Crippen molar-refractivity contribution in [2.24, 2.45) is 5.73 Å². The van der Waals surface area contributed by atoms with E-state index >= 15 is 0 Å². The molecule has 15 heavy (non-hydrogen) atoms. The van der Waals surface area contributed by atoms with Gasteiger partial charge in [0.1, 0.15) is 5.75 Å². The van der Waals surface area contributed by atoms with Crippen molar-refractivity contribution in [3.8, 4) is 5.75 Å². The maximum atomic E-state index is 6.06. The van der Waals surface area contributed by atoms with Gasteiger partial charge in [0, 0.05) is 30.2 Å². The van der Waals surface area contributed by atoms with Gasteiger partial charge in [-0.05, 0) is 18.2 Å². The summed E-state index contributed by atoms with van der Waals surface area (Å²) in [7, 11) is 1.62. The van der Waals surface area contributed by atoms with Crippen molar-refractivity contribution in [3.05, 3.63) is 29.4 Å². The third-order valence-electron chi connectivity index (χ3n) is 2.41. The average Bonchev–Trinajstić information content (AvgIpc) is 2.61. The molecule has 80 valence electrons. The zero-order chi connectivity index (χ0) is 10.8. The Kier molecular flexibility index (Phi) is 2.84. The Morgan fingerprint density at radius 3 is 2.93 bits per heavy atom. The number of ether oxygens (including phenoxy) is 1. The van der Waals surface area contributed by atoms with Crippen LogP contribution in [0.15, 0.2) is 24.4 Å². The number of nitrogens with two attached hydrogens (primary N) is 1. The van der Waals surface area contributed by atoms with Crippen molar-refractivity contribution in [3.63, 3.8) is 0 Å². The highest BCUT2D eigenvalue weighted by atomic mass is 35.5. The van der Waals surface area contributed by atoms with Crippen molar-refractivity contribution in [2.75, 3.05) is 13.7 Å². The Bertz CT molecular complexity index is 479. The molecule has 0 saturated carbocycles. The number of nitrogens with zero attached hydrogens (tertiary/aromatic N) is 1. The van der Waals surface area contributed by atoms with Crippen LogP contribution in [0.3, 0.4) is 0 Å². The first kappa shape index (κ1) is 10.3. The number of rotatable bonds is 3. The fourth-order valence-corrected chi connectivity index (χ4v) is 1.92. The molecule has 0 unspecified atom stereocenters. The predicted molar refractivity (Wildman–Crippen MR) is 62.6 cm³/mol. The van der Waals surface area contributed by atoms with E-state index in [1.165, 1.54) is 0 Å². The van der Waals surface area contributed by atoms with E-state index in [1.807, 2.05) is 24.4 Å². The topological polar surface area (TPSA) is 40.2 Å². The number of hydrogen-bond donors (Lipinski definition) is 1. The minimum absolute atomic E-state index is 0.618. The van der Waals surface area contributed by atoms with Gasteiger partial charge in [0.15, 0.2) is 0 Å². The fourth-order valence-electron chi connectivity index (χ4n) is 1.68. The zero-order valence-electron chi connectivity index (χ0n) is 8.53. The summed E-state index contributed by atoms with van der Waals surface area (Å²) in [6.07, 6.45) is 2.01. The van der Waals surface area contributed by atoms with Gasteiger partial charge in [-0.25, -0.2) is 0 Å². The van der Waals surface area contributed by atoms with E-state index in [0.717, 1.165) is 17.4 Å². The molecular weight excluding hydrogens is 212 g/mol. The molecule has 1 heterocycles. The highest BCUT2D eigenvalue weighted by Gasteiger charge is 2.06. The minimum Gasteiger partial charge on any atom is -0.495 e. The van der Waals surface area contributed by atoms with Crippen molar-refractivity contribution < 1.29 is 4.74 Å². The van der Waals surface area contributed by atoms with Crippen LogP contribution in [0.1, 0.15) is 0 Å². The summed E-state index contributed by atoms with van der Waals surface area (Å²) in [5.41, 5.74) is 6.62. The van der Waals surface area contributed by atoms with E-state index in [0.29, 0.717) is 17.3 Å². The summed E-state index contributed by atoms with van der Waals surface area (Å²) in [6.45, 7) is 1.42. The Labute approximate surface area is 93.4 Å². The number of fused-ring (bicyclic) bond motifs is 1. The molecule has 0 saturated heterocycles. The Hall–Kier alpha value is -1.19. The van der Waals surface area contributed by atoms with Gasteiger partial charge in [-0.1, -0.05) is 11.6 Å². The largest absolute Gasteiger partial charge is 0.495 e. The normalized spacial score (nSPS) is 10.9. The molecular formula is C11H13ClN2O. The van der Waals surface area contributed by atoms with E-state index < -0.39 is 0 Å². The monoisotopic (exact) mass is 224 g/mol. The molecule has 0 spiro atoms. The first-order chi connectivity index (χ1) is 7.26. The molecule has 0 amide bonds. The molecule has 0 fully saturated rings. The molecule has 0 bridgehead atoms. The van der Waals surface area contributed by atoms with Crippen molar-refractivity contribution in [1.29, 1.82) is 0 Å². The Morgan fingerprint density at radius 1 is 1.47 bits per heavy atom. The second kappa shape index (κ2) is 4.13. The van der Waals surface area contributed by atoms with Gasteiger partial charge in [0.25, 0.3) is 0 Å². The second-order valence-corrected chi connectivity index (χ2v) is 3.75. The molecule has 0 atom stereocenters. The minimum atomic E-state index is 0.618. The number of methoxy groups -OCH3 is 1. The summed E-state index contributed by atoms with van der Waals surface area (Å²) in [6, 6.07) is 5.87. The highest BCUT2D eigenvalue weighted by molar-refractivity contribution is 6.32. The molecule has 0 aliphatic heterocycles. The lowest BCUT2D eigenvalue weighted by atomic mass is 10.2. The molecule has 2 aromatic rings. The summed E-state index contributed by atoms with van der Waals surface area (Å²) in [5, 5.41) is 1.74. The lowest BCUT2D eigenvalue weighted by molar-refractivity contribution is 0.415. The lowest BCUT2D eigenvalue weighted by Crippen LogP contribution is -2.08. The van der Waals surface area contributed by atoms with Crippen LogP contribution >= 0.6 is 11.6 Å². The maximum absolute atomic E-state index is 6.06. The van der Waals surface area contributed by atoms with E-state index in [2.05, 4.69) is 4.57 Å². The van der Waals surface area contributed by atoms with Crippen LogP contribution in [0.25, 0.3) is 10.9 Å². The van der Waals surface area contributed by atoms with Gasteiger partial charge in [0.2, 0.25) is 0 Å². The number of hydrogen-bond acceptors (Lipinski definition) is 2.